The van der Waals surface area contributed by atoms with Gasteiger partial charge in [0.15, 0.2) is 5.78 Å². The van der Waals surface area contributed by atoms with Gasteiger partial charge in [-0.2, -0.15) is 0 Å². The zero-order valence-corrected chi connectivity index (χ0v) is 10.5. The molecule has 0 amide bonds. The van der Waals surface area contributed by atoms with Gasteiger partial charge >= 0.3 is 5.97 Å². The van der Waals surface area contributed by atoms with Gasteiger partial charge in [0.05, 0.1) is 0 Å². The van der Waals surface area contributed by atoms with E-state index in [-0.39, 0.29) is 28.6 Å². The number of Topliss-reactive ketones (excluding diaryl/α,β-unsaturated/α-hetero) is 1. The van der Waals surface area contributed by atoms with E-state index >= 15 is 0 Å². The van der Waals surface area contributed by atoms with E-state index in [1.165, 1.54) is 6.92 Å². The van der Waals surface area contributed by atoms with Crippen molar-refractivity contribution >= 4 is 22.2 Å². The van der Waals surface area contributed by atoms with Crippen molar-refractivity contribution in [2.45, 2.75) is 32.8 Å². The Morgan fingerprint density at radius 2 is 2.00 bits per heavy atom. The molecule has 0 radical (unpaired) electrons. The van der Waals surface area contributed by atoms with Crippen LogP contribution in [0, 0.1) is 5.92 Å². The quantitative estimate of drug-likeness (QED) is 0.495. The molecule has 1 N–H and O–H groups in total. The molecule has 0 aliphatic carbocycles. The first kappa shape index (κ1) is 12.3. The molecule has 0 bridgehead atoms. The second-order valence-electron chi connectivity index (χ2n) is 3.56. The molecule has 0 spiro atoms. The highest BCUT2D eigenvalue weighted by Crippen LogP contribution is 2.16. The van der Waals surface area contributed by atoms with Gasteiger partial charge in [0, 0.05) is 6.42 Å². The standard InChI is InChI=1S/C8H16O4Si/c1-5(2)4-6(9)8(3,12-13)7(10)11/h5H,4H2,1-3,13H3,(H,10,11). The molecular weight excluding hydrogens is 188 g/mol. The Morgan fingerprint density at radius 3 is 2.23 bits per heavy atom. The molecule has 1 atom stereocenters. The summed E-state index contributed by atoms with van der Waals surface area (Å²) in [6, 6.07) is 0. The average molecular weight is 204 g/mol. The fourth-order valence-electron chi connectivity index (χ4n) is 0.886. The van der Waals surface area contributed by atoms with Crippen LogP contribution in [0.15, 0.2) is 0 Å². The van der Waals surface area contributed by atoms with E-state index < -0.39 is 11.6 Å². The number of carboxylic acids is 1. The number of ketones is 1. The lowest BCUT2D eigenvalue weighted by atomic mass is 9.94. The molecule has 0 fully saturated rings. The minimum Gasteiger partial charge on any atom is -0.479 e. The predicted octanol–water partition coefficient (Wildman–Crippen LogP) is -0.258. The van der Waals surface area contributed by atoms with Gasteiger partial charge in [-0.05, 0) is 12.8 Å². The van der Waals surface area contributed by atoms with Crippen LogP contribution in [-0.2, 0) is 14.0 Å². The van der Waals surface area contributed by atoms with Crippen molar-refractivity contribution in [3.63, 3.8) is 0 Å². The molecule has 4 nitrogen and oxygen atoms in total. The Balaban J connectivity index is 4.58. The van der Waals surface area contributed by atoms with Gasteiger partial charge in [-0.15, -0.1) is 0 Å². The highest BCUT2D eigenvalue weighted by Gasteiger charge is 2.40. The Hall–Kier alpha value is -0.683. The van der Waals surface area contributed by atoms with Crippen LogP contribution in [0.1, 0.15) is 27.2 Å². The highest BCUT2D eigenvalue weighted by molar-refractivity contribution is 6.11. The third-order valence-corrected chi connectivity index (χ3v) is 2.76. The van der Waals surface area contributed by atoms with Crippen molar-refractivity contribution in [2.24, 2.45) is 5.92 Å². The minimum absolute atomic E-state index is 0.156. The Morgan fingerprint density at radius 1 is 1.54 bits per heavy atom. The van der Waals surface area contributed by atoms with Gasteiger partial charge in [0.25, 0.3) is 0 Å². The van der Waals surface area contributed by atoms with Crippen molar-refractivity contribution < 1.29 is 19.1 Å². The van der Waals surface area contributed by atoms with E-state index in [0.717, 1.165) is 0 Å². The van der Waals surface area contributed by atoms with Gasteiger partial charge < -0.3 is 9.53 Å². The number of carbonyl (C=O) groups is 2. The van der Waals surface area contributed by atoms with Crippen LogP contribution in [0.2, 0.25) is 0 Å². The van der Waals surface area contributed by atoms with Crippen LogP contribution < -0.4 is 0 Å². The molecule has 0 aliphatic rings. The van der Waals surface area contributed by atoms with E-state index in [1.54, 1.807) is 0 Å². The van der Waals surface area contributed by atoms with Crippen LogP contribution in [0.4, 0.5) is 0 Å². The molecule has 1 unspecified atom stereocenters. The monoisotopic (exact) mass is 204 g/mol. The Labute approximate surface area is 80.8 Å². The smallest absolute Gasteiger partial charge is 0.342 e. The van der Waals surface area contributed by atoms with E-state index in [0.29, 0.717) is 0 Å². The van der Waals surface area contributed by atoms with Crippen molar-refractivity contribution in [3.05, 3.63) is 0 Å². The average Bonchev–Trinajstić information content (AvgIpc) is 2.01. The van der Waals surface area contributed by atoms with Crippen molar-refractivity contribution in [2.75, 3.05) is 0 Å². The van der Waals surface area contributed by atoms with Gasteiger partial charge in [0.2, 0.25) is 5.60 Å². The summed E-state index contributed by atoms with van der Waals surface area (Å²) in [5.74, 6) is -1.40. The first-order chi connectivity index (χ1) is 5.84. The van der Waals surface area contributed by atoms with Gasteiger partial charge in [-0.3, -0.25) is 4.79 Å². The third-order valence-electron chi connectivity index (χ3n) is 1.94. The molecule has 0 saturated carbocycles. The molecule has 13 heavy (non-hydrogen) atoms. The SMILES string of the molecule is CC(C)CC(=O)C(C)(O[SiH3])C(=O)O. The lowest BCUT2D eigenvalue weighted by Gasteiger charge is -2.22. The van der Waals surface area contributed by atoms with Crippen LogP contribution in [0.25, 0.3) is 0 Å². The summed E-state index contributed by atoms with van der Waals surface area (Å²) < 4.78 is 4.85. The zero-order valence-electron chi connectivity index (χ0n) is 8.46. The Kier molecular flexibility index (Phi) is 4.29. The van der Waals surface area contributed by atoms with Gasteiger partial charge in [-0.1, -0.05) is 13.8 Å². The molecule has 5 heteroatoms. The molecule has 0 saturated heterocycles. The van der Waals surface area contributed by atoms with Crippen molar-refractivity contribution in [1.82, 2.24) is 0 Å². The summed E-state index contributed by atoms with van der Waals surface area (Å²) in [7, 11) is 0.241. The maximum Gasteiger partial charge on any atom is 0.342 e. The fraction of sp³-hybridized carbons (Fsp3) is 0.750. The van der Waals surface area contributed by atoms with Gasteiger partial charge in [0.1, 0.15) is 10.5 Å². The van der Waals surface area contributed by atoms with Crippen LogP contribution in [0.5, 0.6) is 0 Å². The number of hydrogen-bond acceptors (Lipinski definition) is 3. The summed E-state index contributed by atoms with van der Waals surface area (Å²) in [6.07, 6.45) is 0.241. The highest BCUT2D eigenvalue weighted by atomic mass is 28.2. The summed E-state index contributed by atoms with van der Waals surface area (Å²) in [4.78, 5) is 22.2. The third kappa shape index (κ3) is 2.93. The van der Waals surface area contributed by atoms with Crippen LogP contribution in [0.3, 0.4) is 0 Å². The Bertz CT molecular complexity index is 214. The molecule has 0 aromatic carbocycles. The molecule has 0 rings (SSSR count). The first-order valence-electron chi connectivity index (χ1n) is 4.16. The van der Waals surface area contributed by atoms with E-state index in [9.17, 15) is 9.59 Å². The number of hydrogen-bond donors (Lipinski definition) is 1. The van der Waals surface area contributed by atoms with Gasteiger partial charge in [-0.25, -0.2) is 4.79 Å². The zero-order chi connectivity index (χ0) is 10.6. The van der Waals surface area contributed by atoms with Crippen molar-refractivity contribution in [1.29, 1.82) is 0 Å². The second-order valence-corrected chi connectivity index (χ2v) is 3.97. The minimum atomic E-state index is -1.63. The van der Waals surface area contributed by atoms with Crippen LogP contribution >= 0.6 is 0 Å². The van der Waals surface area contributed by atoms with Crippen molar-refractivity contribution in [3.8, 4) is 0 Å². The number of carbonyl (C=O) groups excluding carboxylic acids is 1. The predicted molar refractivity (Wildman–Crippen MR) is 51.5 cm³/mol. The van der Waals surface area contributed by atoms with E-state index in [4.69, 9.17) is 9.53 Å². The number of rotatable bonds is 5. The topological polar surface area (TPSA) is 63.6 Å². The maximum atomic E-state index is 11.5. The molecule has 0 heterocycles. The summed E-state index contributed by atoms with van der Waals surface area (Å²) in [6.45, 7) is 5.05. The lowest BCUT2D eigenvalue weighted by molar-refractivity contribution is -0.160. The number of carboxylic acid groups (broad SMARTS) is 1. The normalized spacial score (nSPS) is 15.7. The molecule has 0 aromatic rings. The van der Waals surface area contributed by atoms with E-state index in [2.05, 4.69) is 0 Å². The maximum absolute atomic E-state index is 11.5. The fourth-order valence-corrected chi connectivity index (χ4v) is 1.29. The first-order valence-corrected chi connectivity index (χ1v) is 4.98. The molecule has 0 aliphatic heterocycles. The van der Waals surface area contributed by atoms with Crippen LogP contribution in [-0.4, -0.2) is 32.9 Å². The second kappa shape index (κ2) is 4.52. The molecular formula is C8H16O4Si. The summed E-state index contributed by atoms with van der Waals surface area (Å²) in [5, 5.41) is 8.79. The largest absolute Gasteiger partial charge is 0.479 e. The molecule has 0 aromatic heterocycles. The summed E-state index contributed by atoms with van der Waals surface area (Å²) >= 11 is 0. The van der Waals surface area contributed by atoms with E-state index in [1.807, 2.05) is 13.8 Å². The number of aliphatic carboxylic acids is 1. The molecule has 76 valence electrons. The lowest BCUT2D eigenvalue weighted by Crippen LogP contribution is -2.46. The summed E-state index contributed by atoms with van der Waals surface area (Å²) in [5.41, 5.74) is -1.63.